The first-order chi connectivity index (χ1) is 4.37. The van der Waals surface area contributed by atoms with Crippen molar-refractivity contribution in [1.29, 1.82) is 0 Å². The number of hydrogen-bond donors (Lipinski definition) is 3. The number of nitrogens with two attached hydrogens (primary N) is 1. The van der Waals surface area contributed by atoms with Gasteiger partial charge in [0.05, 0.1) is 0 Å². The topological polar surface area (TPSA) is 83.6 Å². The van der Waals surface area contributed by atoms with Crippen LogP contribution in [-0.4, -0.2) is 22.4 Å². The molecule has 4 N–H and O–H groups in total. The minimum Gasteiger partial charge on any atom is -0.450 e. The zero-order chi connectivity index (χ0) is 8.73. The molecule has 0 aromatic heterocycles. The lowest BCUT2D eigenvalue weighted by Gasteiger charge is -2.05. The van der Waals surface area contributed by atoms with Crippen LogP contribution < -0.4 is 5.73 Å². The Morgan fingerprint density at radius 2 is 1.40 bits per heavy atom. The van der Waals surface area contributed by atoms with E-state index in [1.54, 1.807) is 0 Å². The van der Waals surface area contributed by atoms with E-state index < -0.39 is 6.16 Å². The Morgan fingerprint density at radius 3 is 1.40 bits per heavy atom. The Labute approximate surface area is 60.7 Å². The third kappa shape index (κ3) is 26.9. The molecule has 62 valence electrons. The van der Waals surface area contributed by atoms with Crippen LogP contribution >= 0.6 is 0 Å². The van der Waals surface area contributed by atoms with Gasteiger partial charge in [0.25, 0.3) is 0 Å². The second-order valence-electron chi connectivity index (χ2n) is 2.39. The molecule has 0 fully saturated rings. The van der Waals surface area contributed by atoms with Gasteiger partial charge in [-0.05, 0) is 12.8 Å². The van der Waals surface area contributed by atoms with Crippen LogP contribution in [0.5, 0.6) is 0 Å². The monoisotopic (exact) mass is 149 g/mol. The number of rotatable bonds is 1. The molecule has 10 heavy (non-hydrogen) atoms. The molecule has 1 atom stereocenters. The van der Waals surface area contributed by atoms with Gasteiger partial charge in [-0.15, -0.1) is 0 Å². The van der Waals surface area contributed by atoms with Gasteiger partial charge in [-0.3, -0.25) is 0 Å². The summed E-state index contributed by atoms with van der Waals surface area (Å²) in [5.74, 6) is 0.630. The summed E-state index contributed by atoms with van der Waals surface area (Å²) in [5.41, 5.74) is 5.44. The SMILES string of the molecule is CC(C)[C@H](C)N.O=C(O)O. The van der Waals surface area contributed by atoms with Crippen LogP contribution in [0.15, 0.2) is 0 Å². The molecule has 4 heteroatoms. The summed E-state index contributed by atoms with van der Waals surface area (Å²) in [4.78, 5) is 8.56. The van der Waals surface area contributed by atoms with Gasteiger partial charge in [-0.2, -0.15) is 0 Å². The first-order valence-electron chi connectivity index (χ1n) is 3.05. The average molecular weight is 149 g/mol. The molecule has 0 radical (unpaired) electrons. The predicted octanol–water partition coefficient (Wildman–Crippen LogP) is 1.21. The van der Waals surface area contributed by atoms with E-state index in [9.17, 15) is 0 Å². The molecule has 0 aliphatic heterocycles. The minimum atomic E-state index is -1.83. The van der Waals surface area contributed by atoms with Crippen molar-refractivity contribution in [2.45, 2.75) is 26.8 Å². The minimum absolute atomic E-state index is 0.352. The van der Waals surface area contributed by atoms with E-state index in [1.165, 1.54) is 0 Å². The first-order valence-corrected chi connectivity index (χ1v) is 3.05. The third-order valence-corrected chi connectivity index (χ3v) is 1.05. The fraction of sp³-hybridized carbons (Fsp3) is 0.833. The third-order valence-electron chi connectivity index (χ3n) is 1.05. The van der Waals surface area contributed by atoms with Gasteiger partial charge < -0.3 is 15.9 Å². The van der Waals surface area contributed by atoms with Crippen molar-refractivity contribution in [3.63, 3.8) is 0 Å². The molecule has 0 spiro atoms. The van der Waals surface area contributed by atoms with Crippen LogP contribution in [0.3, 0.4) is 0 Å². The Balaban J connectivity index is 0. The van der Waals surface area contributed by atoms with Gasteiger partial charge in [-0.25, -0.2) is 4.79 Å². The molecule has 0 unspecified atom stereocenters. The molecular formula is C6H15NO3. The van der Waals surface area contributed by atoms with Gasteiger partial charge in [0.15, 0.2) is 0 Å². The maximum absolute atomic E-state index is 8.56. The molecule has 0 aromatic rings. The summed E-state index contributed by atoms with van der Waals surface area (Å²) in [7, 11) is 0. The van der Waals surface area contributed by atoms with Crippen molar-refractivity contribution in [3.05, 3.63) is 0 Å². The largest absolute Gasteiger partial charge is 0.503 e. The van der Waals surface area contributed by atoms with Crippen LogP contribution in [0.4, 0.5) is 4.79 Å². The molecular weight excluding hydrogens is 134 g/mol. The Bertz CT molecular complexity index is 81.0. The second-order valence-corrected chi connectivity index (χ2v) is 2.39. The lowest BCUT2D eigenvalue weighted by molar-refractivity contribution is 0.137. The predicted molar refractivity (Wildman–Crippen MR) is 39.1 cm³/mol. The van der Waals surface area contributed by atoms with Crippen LogP contribution in [0.2, 0.25) is 0 Å². The summed E-state index contributed by atoms with van der Waals surface area (Å²) in [6.07, 6.45) is -1.83. The van der Waals surface area contributed by atoms with Gasteiger partial charge in [0.2, 0.25) is 0 Å². The molecule has 0 aliphatic carbocycles. The van der Waals surface area contributed by atoms with Gasteiger partial charge in [0.1, 0.15) is 0 Å². The Morgan fingerprint density at radius 1 is 1.30 bits per heavy atom. The lowest BCUT2D eigenvalue weighted by Crippen LogP contribution is -2.21. The maximum atomic E-state index is 8.56. The normalized spacial score (nSPS) is 11.7. The average Bonchev–Trinajstić information content (AvgIpc) is 1.63. The van der Waals surface area contributed by atoms with Gasteiger partial charge in [0, 0.05) is 6.04 Å². The molecule has 4 nitrogen and oxygen atoms in total. The highest BCUT2D eigenvalue weighted by atomic mass is 16.6. The molecule has 0 rings (SSSR count). The first kappa shape index (κ1) is 12.0. The Hall–Kier alpha value is -0.770. The van der Waals surface area contributed by atoms with Gasteiger partial charge in [-0.1, -0.05) is 13.8 Å². The van der Waals surface area contributed by atoms with E-state index in [4.69, 9.17) is 20.7 Å². The summed E-state index contributed by atoms with van der Waals surface area (Å²) in [5, 5.41) is 13.9. The van der Waals surface area contributed by atoms with E-state index in [2.05, 4.69) is 13.8 Å². The highest BCUT2D eigenvalue weighted by Gasteiger charge is 1.95. The molecule has 0 saturated carbocycles. The summed E-state index contributed by atoms with van der Waals surface area (Å²) >= 11 is 0. The maximum Gasteiger partial charge on any atom is 0.503 e. The molecule has 0 bridgehead atoms. The van der Waals surface area contributed by atoms with E-state index in [-0.39, 0.29) is 0 Å². The smallest absolute Gasteiger partial charge is 0.450 e. The molecule has 0 aliphatic rings. The fourth-order valence-corrected chi connectivity index (χ4v) is 0. The van der Waals surface area contributed by atoms with Crippen molar-refractivity contribution in [1.82, 2.24) is 0 Å². The van der Waals surface area contributed by atoms with E-state index in [0.29, 0.717) is 12.0 Å². The van der Waals surface area contributed by atoms with Crippen molar-refractivity contribution in [2.24, 2.45) is 11.7 Å². The summed E-state index contributed by atoms with van der Waals surface area (Å²) in [6.45, 7) is 6.25. The van der Waals surface area contributed by atoms with Crippen molar-refractivity contribution in [2.75, 3.05) is 0 Å². The molecule has 0 amide bonds. The second kappa shape index (κ2) is 6.35. The summed E-state index contributed by atoms with van der Waals surface area (Å²) < 4.78 is 0. The van der Waals surface area contributed by atoms with E-state index >= 15 is 0 Å². The van der Waals surface area contributed by atoms with Crippen LogP contribution in [0.1, 0.15) is 20.8 Å². The zero-order valence-corrected chi connectivity index (χ0v) is 6.53. The fourth-order valence-electron chi connectivity index (χ4n) is 0. The van der Waals surface area contributed by atoms with Crippen LogP contribution in [0, 0.1) is 5.92 Å². The molecule has 0 saturated heterocycles. The molecule has 0 aromatic carbocycles. The number of hydrogen-bond acceptors (Lipinski definition) is 2. The highest BCUT2D eigenvalue weighted by molar-refractivity contribution is 5.53. The lowest BCUT2D eigenvalue weighted by atomic mass is 10.1. The van der Waals surface area contributed by atoms with Crippen molar-refractivity contribution in [3.8, 4) is 0 Å². The quantitative estimate of drug-likeness (QED) is 0.523. The number of carbonyl (C=O) groups is 1. The van der Waals surface area contributed by atoms with E-state index in [0.717, 1.165) is 0 Å². The Kier molecular flexibility index (Phi) is 7.60. The highest BCUT2D eigenvalue weighted by Crippen LogP contribution is 1.93. The van der Waals surface area contributed by atoms with Crippen molar-refractivity contribution >= 4 is 6.16 Å². The van der Waals surface area contributed by atoms with Crippen LogP contribution in [0.25, 0.3) is 0 Å². The van der Waals surface area contributed by atoms with Gasteiger partial charge >= 0.3 is 6.16 Å². The number of carboxylic acid groups (broad SMARTS) is 2. The standard InChI is InChI=1S/C5H13N.CH2O3/c1-4(2)5(3)6;2-1(3)4/h4-5H,6H2,1-3H3;(H2,2,3,4)/t5-;/m0./s1. The van der Waals surface area contributed by atoms with Crippen LogP contribution in [-0.2, 0) is 0 Å². The van der Waals surface area contributed by atoms with E-state index in [1.807, 2.05) is 6.92 Å². The summed E-state index contributed by atoms with van der Waals surface area (Å²) in [6, 6.07) is 0.352. The molecule has 0 heterocycles. The van der Waals surface area contributed by atoms with Crippen molar-refractivity contribution < 1.29 is 15.0 Å². The zero-order valence-electron chi connectivity index (χ0n) is 6.53.